The number of methoxy groups -OCH3 is 3. The van der Waals surface area contributed by atoms with E-state index in [2.05, 4.69) is 4.98 Å². The van der Waals surface area contributed by atoms with Crippen LogP contribution in [0.5, 0.6) is 17.2 Å². The number of amides is 1. The number of rotatable bonds is 8. The van der Waals surface area contributed by atoms with Crippen molar-refractivity contribution in [3.05, 3.63) is 94.7 Å². The number of H-pyrrole nitrogens is 1. The molecule has 1 saturated heterocycles. The zero-order valence-corrected chi connectivity index (χ0v) is 22.3. The first kappa shape index (κ1) is 25.9. The maximum Gasteiger partial charge on any atom is 0.295 e. The fraction of sp³-hybridized carbons (Fsp3) is 0.226. The molecule has 1 atom stereocenters. The summed E-state index contributed by atoms with van der Waals surface area (Å²) in [4.78, 5) is 31.7. The number of aromatic nitrogens is 1. The van der Waals surface area contributed by atoms with Crippen LogP contribution in [-0.4, -0.2) is 54.6 Å². The number of carbonyl (C=O) groups excluding carboxylic acids is 2. The topological polar surface area (TPSA) is 101 Å². The summed E-state index contributed by atoms with van der Waals surface area (Å²) < 4.78 is 16.4. The Balaban J connectivity index is 1.60. The zero-order chi connectivity index (χ0) is 27.7. The van der Waals surface area contributed by atoms with Crippen molar-refractivity contribution in [2.75, 3.05) is 27.9 Å². The lowest BCUT2D eigenvalue weighted by Crippen LogP contribution is -2.31. The summed E-state index contributed by atoms with van der Waals surface area (Å²) in [5, 5.41) is 12.3. The molecule has 8 nitrogen and oxygen atoms in total. The van der Waals surface area contributed by atoms with Crippen molar-refractivity contribution in [1.82, 2.24) is 9.88 Å². The van der Waals surface area contributed by atoms with Gasteiger partial charge < -0.3 is 29.2 Å². The van der Waals surface area contributed by atoms with E-state index in [1.807, 2.05) is 43.5 Å². The van der Waals surface area contributed by atoms with Crippen molar-refractivity contribution in [3.63, 3.8) is 0 Å². The van der Waals surface area contributed by atoms with Crippen LogP contribution in [0.15, 0.2) is 72.4 Å². The maximum absolute atomic E-state index is 13.5. The number of ether oxygens (including phenoxy) is 3. The van der Waals surface area contributed by atoms with Crippen molar-refractivity contribution >= 4 is 28.4 Å². The molecule has 0 aliphatic carbocycles. The molecule has 1 amide bonds. The number of likely N-dealkylation sites (tertiary alicyclic amines) is 1. The monoisotopic (exact) mass is 526 g/mol. The van der Waals surface area contributed by atoms with Crippen LogP contribution in [0.25, 0.3) is 16.7 Å². The minimum Gasteiger partial charge on any atom is -0.507 e. The van der Waals surface area contributed by atoms with Crippen molar-refractivity contribution in [1.29, 1.82) is 0 Å². The van der Waals surface area contributed by atoms with Gasteiger partial charge in [0.1, 0.15) is 23.0 Å². The van der Waals surface area contributed by atoms with E-state index < -0.39 is 17.7 Å². The van der Waals surface area contributed by atoms with E-state index >= 15 is 0 Å². The van der Waals surface area contributed by atoms with Gasteiger partial charge in [0, 0.05) is 40.8 Å². The first-order valence-electron chi connectivity index (χ1n) is 12.6. The number of aryl methyl sites for hydroxylation is 1. The molecule has 0 bridgehead atoms. The molecule has 1 aromatic heterocycles. The Bertz CT molecular complexity index is 1580. The van der Waals surface area contributed by atoms with Crippen molar-refractivity contribution in [3.8, 4) is 17.2 Å². The van der Waals surface area contributed by atoms with Crippen molar-refractivity contribution in [2.24, 2.45) is 0 Å². The second-order valence-electron chi connectivity index (χ2n) is 9.44. The Hall–Kier alpha value is -4.72. The highest BCUT2D eigenvalue weighted by Gasteiger charge is 2.47. The number of aromatic amines is 1. The van der Waals surface area contributed by atoms with Gasteiger partial charge in [-0.25, -0.2) is 0 Å². The maximum atomic E-state index is 13.5. The fourth-order valence-electron chi connectivity index (χ4n) is 5.08. The number of benzene rings is 3. The average Bonchev–Trinajstić information content (AvgIpc) is 3.48. The summed E-state index contributed by atoms with van der Waals surface area (Å²) >= 11 is 0. The molecule has 1 unspecified atom stereocenters. The molecule has 0 radical (unpaired) electrons. The van der Waals surface area contributed by atoms with Gasteiger partial charge in [-0.2, -0.15) is 0 Å². The van der Waals surface area contributed by atoms with Crippen LogP contribution in [0.1, 0.15) is 28.3 Å². The van der Waals surface area contributed by atoms with Gasteiger partial charge in [0.25, 0.3) is 11.7 Å². The van der Waals surface area contributed by atoms with E-state index in [1.54, 1.807) is 44.6 Å². The van der Waals surface area contributed by atoms with E-state index in [4.69, 9.17) is 14.2 Å². The lowest BCUT2D eigenvalue weighted by molar-refractivity contribution is -0.139. The Morgan fingerprint density at radius 2 is 1.62 bits per heavy atom. The number of hydrogen-bond acceptors (Lipinski definition) is 6. The van der Waals surface area contributed by atoms with E-state index in [1.165, 1.54) is 12.0 Å². The molecule has 4 aromatic rings. The van der Waals surface area contributed by atoms with Crippen LogP contribution in [0.3, 0.4) is 0 Å². The lowest BCUT2D eigenvalue weighted by atomic mass is 9.94. The molecule has 5 rings (SSSR count). The number of aliphatic hydroxyl groups is 1. The van der Waals surface area contributed by atoms with Crippen LogP contribution >= 0.6 is 0 Å². The highest BCUT2D eigenvalue weighted by molar-refractivity contribution is 6.46. The van der Waals surface area contributed by atoms with Crippen molar-refractivity contribution in [2.45, 2.75) is 19.4 Å². The lowest BCUT2D eigenvalue weighted by Gasteiger charge is -2.27. The van der Waals surface area contributed by atoms with E-state index in [9.17, 15) is 14.7 Å². The fourth-order valence-corrected chi connectivity index (χ4v) is 5.08. The summed E-state index contributed by atoms with van der Waals surface area (Å²) in [5.41, 5.74) is 3.99. The van der Waals surface area contributed by atoms with Gasteiger partial charge in [0.05, 0.1) is 32.9 Å². The van der Waals surface area contributed by atoms with Crippen LogP contribution in [0.4, 0.5) is 0 Å². The molecule has 1 fully saturated rings. The van der Waals surface area contributed by atoms with Gasteiger partial charge >= 0.3 is 0 Å². The van der Waals surface area contributed by atoms with E-state index in [0.29, 0.717) is 29.0 Å². The van der Waals surface area contributed by atoms with Gasteiger partial charge in [-0.15, -0.1) is 0 Å². The third-order valence-corrected chi connectivity index (χ3v) is 7.20. The van der Waals surface area contributed by atoms with Crippen LogP contribution in [0, 0.1) is 6.92 Å². The molecule has 1 aliphatic heterocycles. The Labute approximate surface area is 226 Å². The molecular formula is C31H30N2O6. The molecule has 2 N–H and O–H groups in total. The first-order valence-corrected chi connectivity index (χ1v) is 12.6. The predicted octanol–water partition coefficient (Wildman–Crippen LogP) is 5.17. The number of hydrogen-bond donors (Lipinski definition) is 2. The highest BCUT2D eigenvalue weighted by atomic mass is 16.5. The third kappa shape index (κ3) is 4.69. The number of Topliss-reactive ketones (excluding diaryl/α,β-unsaturated/α-hetero) is 1. The van der Waals surface area contributed by atoms with Crippen LogP contribution < -0.4 is 14.2 Å². The van der Waals surface area contributed by atoms with Gasteiger partial charge in [0.2, 0.25) is 0 Å². The minimum atomic E-state index is -0.855. The largest absolute Gasteiger partial charge is 0.507 e. The van der Waals surface area contributed by atoms with E-state index in [0.717, 1.165) is 27.8 Å². The molecule has 39 heavy (non-hydrogen) atoms. The Morgan fingerprint density at radius 3 is 2.31 bits per heavy atom. The number of ketones is 1. The summed E-state index contributed by atoms with van der Waals surface area (Å²) in [5.74, 6) is 0.0950. The van der Waals surface area contributed by atoms with Crippen molar-refractivity contribution < 1.29 is 28.9 Å². The van der Waals surface area contributed by atoms with Gasteiger partial charge in [-0.3, -0.25) is 9.59 Å². The summed E-state index contributed by atoms with van der Waals surface area (Å²) in [6.45, 7) is 2.17. The molecule has 2 heterocycles. The molecule has 1 aliphatic rings. The average molecular weight is 527 g/mol. The normalized spacial score (nSPS) is 16.6. The number of aliphatic hydroxyl groups excluding tert-OH is 1. The second kappa shape index (κ2) is 10.6. The standard InChI is InChI=1S/C31H30N2O6/c1-18-5-7-19(8-6-18)29(34)27-28(23-11-9-22(38-3)16-26(23)39-4)33(31(36)30(27)35)14-13-20-17-32-25-12-10-21(37-2)15-24(20)25/h5-12,15-17,28,32,34H,13-14H2,1-4H3/b29-27-. The summed E-state index contributed by atoms with van der Waals surface area (Å²) in [6, 6.07) is 17.3. The zero-order valence-electron chi connectivity index (χ0n) is 22.3. The molecule has 0 spiro atoms. The smallest absolute Gasteiger partial charge is 0.295 e. The quantitative estimate of drug-likeness (QED) is 0.187. The molecule has 3 aromatic carbocycles. The van der Waals surface area contributed by atoms with Gasteiger partial charge in [0.15, 0.2) is 0 Å². The number of nitrogens with one attached hydrogen (secondary N) is 1. The molecular weight excluding hydrogens is 496 g/mol. The molecule has 200 valence electrons. The Kier molecular flexibility index (Phi) is 7.02. The highest BCUT2D eigenvalue weighted by Crippen LogP contribution is 2.44. The minimum absolute atomic E-state index is 0.0212. The predicted molar refractivity (Wildman–Crippen MR) is 148 cm³/mol. The second-order valence-corrected chi connectivity index (χ2v) is 9.44. The summed E-state index contributed by atoms with van der Waals surface area (Å²) in [7, 11) is 4.68. The number of nitrogens with zero attached hydrogens (tertiary/aromatic N) is 1. The number of fused-ring (bicyclic) bond motifs is 1. The van der Waals surface area contributed by atoms with Crippen LogP contribution in [-0.2, 0) is 16.0 Å². The van der Waals surface area contributed by atoms with Gasteiger partial charge in [-0.05, 0) is 49.2 Å². The third-order valence-electron chi connectivity index (χ3n) is 7.20. The molecule has 8 heteroatoms. The van der Waals surface area contributed by atoms with E-state index in [-0.39, 0.29) is 17.9 Å². The summed E-state index contributed by atoms with van der Waals surface area (Å²) in [6.07, 6.45) is 2.37. The van der Waals surface area contributed by atoms with Gasteiger partial charge in [-0.1, -0.05) is 29.8 Å². The van der Waals surface area contributed by atoms with Crippen LogP contribution in [0.2, 0.25) is 0 Å². The molecule has 0 saturated carbocycles. The first-order chi connectivity index (χ1) is 18.9. The SMILES string of the molecule is COc1ccc(C2/C(=C(/O)c3ccc(C)cc3)C(=O)C(=O)N2CCc2c[nH]c3ccc(OC)cc23)c(OC)c1. The Morgan fingerprint density at radius 1 is 0.923 bits per heavy atom. The number of carbonyl (C=O) groups is 2.